The lowest BCUT2D eigenvalue weighted by atomic mass is 10.1. The number of nitrogens with zero attached hydrogens (tertiary/aromatic N) is 3. The third kappa shape index (κ3) is 3.09. The summed E-state index contributed by atoms with van der Waals surface area (Å²) in [5.74, 6) is -4.83. The van der Waals surface area contributed by atoms with Gasteiger partial charge in [-0.15, -0.1) is 0 Å². The van der Waals surface area contributed by atoms with Crippen LogP contribution in [0.1, 0.15) is 33.6 Å². The maximum atomic E-state index is 13.6. The van der Waals surface area contributed by atoms with Crippen LogP contribution in [-0.2, 0) is 0 Å². The first-order valence-electron chi connectivity index (χ1n) is 6.15. The van der Waals surface area contributed by atoms with Gasteiger partial charge in [0.05, 0.1) is 0 Å². The van der Waals surface area contributed by atoms with Crippen LogP contribution in [0.15, 0.2) is 5.10 Å². The van der Waals surface area contributed by atoms with Gasteiger partial charge in [-0.05, 0) is 20.3 Å². The SMILES string of the molecule is CCCCN1N=CN(C(C)C)C1C(F)(F)C(F)(F)F. The van der Waals surface area contributed by atoms with Crippen LogP contribution in [0.25, 0.3) is 0 Å². The van der Waals surface area contributed by atoms with Gasteiger partial charge in [0.15, 0.2) is 6.17 Å². The molecule has 1 unspecified atom stereocenters. The van der Waals surface area contributed by atoms with E-state index < -0.39 is 24.3 Å². The van der Waals surface area contributed by atoms with Gasteiger partial charge in [0.1, 0.15) is 6.34 Å². The van der Waals surface area contributed by atoms with Crippen molar-refractivity contribution in [3.05, 3.63) is 0 Å². The molecule has 112 valence electrons. The van der Waals surface area contributed by atoms with Gasteiger partial charge in [-0.1, -0.05) is 13.3 Å². The van der Waals surface area contributed by atoms with Crippen molar-refractivity contribution in [3.8, 4) is 0 Å². The van der Waals surface area contributed by atoms with Gasteiger partial charge < -0.3 is 4.90 Å². The molecule has 0 saturated heterocycles. The summed E-state index contributed by atoms with van der Waals surface area (Å²) in [5, 5.41) is 4.52. The molecule has 0 aliphatic carbocycles. The first kappa shape index (κ1) is 16.0. The van der Waals surface area contributed by atoms with Crippen LogP contribution < -0.4 is 0 Å². The summed E-state index contributed by atoms with van der Waals surface area (Å²) in [4.78, 5) is 0.948. The minimum Gasteiger partial charge on any atom is -0.332 e. The average molecular weight is 287 g/mol. The molecular formula is C11H18F5N3. The van der Waals surface area contributed by atoms with Gasteiger partial charge in [-0.25, -0.2) is 0 Å². The summed E-state index contributed by atoms with van der Waals surface area (Å²) in [6.07, 6.45) is -5.43. The van der Waals surface area contributed by atoms with E-state index in [2.05, 4.69) is 5.10 Å². The van der Waals surface area contributed by atoms with E-state index in [0.717, 1.165) is 16.2 Å². The van der Waals surface area contributed by atoms with Crippen molar-refractivity contribution in [1.82, 2.24) is 9.91 Å². The highest BCUT2D eigenvalue weighted by Gasteiger charge is 2.66. The predicted octanol–water partition coefficient (Wildman–Crippen LogP) is 3.28. The normalized spacial score (nSPS) is 20.8. The fraction of sp³-hybridized carbons (Fsp3) is 0.909. The Morgan fingerprint density at radius 3 is 2.21 bits per heavy atom. The molecule has 0 saturated carbocycles. The molecular weight excluding hydrogens is 269 g/mol. The molecule has 0 aromatic heterocycles. The summed E-state index contributed by atoms with van der Waals surface area (Å²) in [7, 11) is 0. The molecule has 3 nitrogen and oxygen atoms in total. The summed E-state index contributed by atoms with van der Waals surface area (Å²) in [6, 6.07) is -0.492. The first-order chi connectivity index (χ1) is 8.63. The van der Waals surface area contributed by atoms with Crippen LogP contribution in [0.3, 0.4) is 0 Å². The zero-order valence-electron chi connectivity index (χ0n) is 11.1. The lowest BCUT2D eigenvalue weighted by molar-refractivity contribution is -0.315. The van der Waals surface area contributed by atoms with Gasteiger partial charge in [0.2, 0.25) is 0 Å². The standard InChI is InChI=1S/C11H18F5N3/c1-4-5-6-19-9(10(12,13)11(14,15)16)18(7-17-19)8(2)3/h7-9H,4-6H2,1-3H3. The van der Waals surface area contributed by atoms with E-state index in [0.29, 0.717) is 12.8 Å². The topological polar surface area (TPSA) is 18.8 Å². The molecule has 0 aromatic rings. The monoisotopic (exact) mass is 287 g/mol. The lowest BCUT2D eigenvalue weighted by Crippen LogP contribution is -2.60. The molecule has 0 bridgehead atoms. The van der Waals surface area contributed by atoms with Crippen LogP contribution in [0.5, 0.6) is 0 Å². The lowest BCUT2D eigenvalue weighted by Gasteiger charge is -2.38. The highest BCUT2D eigenvalue weighted by molar-refractivity contribution is 5.58. The molecule has 8 heteroatoms. The maximum absolute atomic E-state index is 13.6. The second kappa shape index (κ2) is 5.50. The number of hydrogen-bond donors (Lipinski definition) is 0. The fourth-order valence-electron chi connectivity index (χ4n) is 1.84. The van der Waals surface area contributed by atoms with Crippen molar-refractivity contribution in [2.45, 2.75) is 57.9 Å². The van der Waals surface area contributed by atoms with Crippen molar-refractivity contribution < 1.29 is 22.0 Å². The average Bonchev–Trinajstić information content (AvgIpc) is 2.68. The zero-order valence-corrected chi connectivity index (χ0v) is 11.1. The van der Waals surface area contributed by atoms with Crippen molar-refractivity contribution in [3.63, 3.8) is 0 Å². The minimum atomic E-state index is -5.59. The number of halogens is 5. The van der Waals surface area contributed by atoms with E-state index >= 15 is 0 Å². The Morgan fingerprint density at radius 2 is 1.79 bits per heavy atom. The smallest absolute Gasteiger partial charge is 0.332 e. The van der Waals surface area contributed by atoms with Crippen LogP contribution in [0.2, 0.25) is 0 Å². The molecule has 1 rings (SSSR count). The molecule has 0 amide bonds. The molecule has 1 aliphatic rings. The fourth-order valence-corrected chi connectivity index (χ4v) is 1.84. The van der Waals surface area contributed by atoms with Gasteiger partial charge in [0.25, 0.3) is 0 Å². The van der Waals surface area contributed by atoms with Crippen LogP contribution >= 0.6 is 0 Å². The summed E-state index contributed by atoms with van der Waals surface area (Å²) in [6.45, 7) is 5.01. The maximum Gasteiger partial charge on any atom is 0.457 e. The number of rotatable bonds is 5. The van der Waals surface area contributed by atoms with E-state index in [9.17, 15) is 22.0 Å². The van der Waals surface area contributed by atoms with Crippen LogP contribution in [0, 0.1) is 0 Å². The Hall–Kier alpha value is -1.08. The Morgan fingerprint density at radius 1 is 1.21 bits per heavy atom. The Kier molecular flexibility index (Phi) is 4.63. The summed E-state index contributed by atoms with van der Waals surface area (Å²) in [5.41, 5.74) is 0. The predicted molar refractivity (Wildman–Crippen MR) is 61.9 cm³/mol. The van der Waals surface area contributed by atoms with E-state index in [-0.39, 0.29) is 6.54 Å². The van der Waals surface area contributed by atoms with Crippen molar-refractivity contribution in [1.29, 1.82) is 0 Å². The Bertz CT molecular complexity index is 327. The summed E-state index contributed by atoms with van der Waals surface area (Å²) < 4.78 is 64.9. The van der Waals surface area contributed by atoms with Gasteiger partial charge in [-0.3, -0.25) is 5.01 Å². The second-order valence-corrected chi connectivity index (χ2v) is 4.78. The largest absolute Gasteiger partial charge is 0.457 e. The van der Waals surface area contributed by atoms with Crippen LogP contribution in [0.4, 0.5) is 22.0 Å². The molecule has 0 fully saturated rings. The Labute approximate surface area is 109 Å². The van der Waals surface area contributed by atoms with Crippen LogP contribution in [-0.4, -0.2) is 47.1 Å². The molecule has 0 spiro atoms. The molecule has 1 atom stereocenters. The molecule has 0 radical (unpaired) electrons. The number of unbranched alkanes of at least 4 members (excludes halogenated alkanes) is 1. The van der Waals surface area contributed by atoms with E-state index in [1.165, 1.54) is 0 Å². The highest BCUT2D eigenvalue weighted by atomic mass is 19.4. The number of hydrogen-bond acceptors (Lipinski definition) is 3. The van der Waals surface area contributed by atoms with Gasteiger partial charge >= 0.3 is 12.1 Å². The van der Waals surface area contributed by atoms with Gasteiger partial charge in [-0.2, -0.15) is 27.1 Å². The quantitative estimate of drug-likeness (QED) is 0.723. The van der Waals surface area contributed by atoms with Crippen molar-refractivity contribution >= 4 is 6.34 Å². The van der Waals surface area contributed by atoms with Crippen molar-refractivity contribution in [2.75, 3.05) is 6.54 Å². The van der Waals surface area contributed by atoms with E-state index in [4.69, 9.17) is 0 Å². The van der Waals surface area contributed by atoms with Crippen molar-refractivity contribution in [2.24, 2.45) is 5.10 Å². The minimum absolute atomic E-state index is 0.0759. The molecule has 19 heavy (non-hydrogen) atoms. The summed E-state index contributed by atoms with van der Waals surface area (Å²) >= 11 is 0. The highest BCUT2D eigenvalue weighted by Crippen LogP contribution is 2.42. The molecule has 1 aliphatic heterocycles. The zero-order chi connectivity index (χ0) is 14.8. The third-order valence-electron chi connectivity index (χ3n) is 2.94. The third-order valence-corrected chi connectivity index (χ3v) is 2.94. The number of alkyl halides is 5. The molecule has 1 heterocycles. The molecule has 0 aromatic carbocycles. The second-order valence-electron chi connectivity index (χ2n) is 4.78. The van der Waals surface area contributed by atoms with E-state index in [1.54, 1.807) is 13.8 Å². The van der Waals surface area contributed by atoms with Gasteiger partial charge in [0, 0.05) is 12.6 Å². The first-order valence-corrected chi connectivity index (χ1v) is 6.15. The van der Waals surface area contributed by atoms with E-state index in [1.807, 2.05) is 6.92 Å². The number of hydrazone groups is 1. The Balaban J connectivity index is 3.01. The molecule has 0 N–H and O–H groups in total.